The highest BCUT2D eigenvalue weighted by Gasteiger charge is 2.09. The van der Waals surface area contributed by atoms with Crippen molar-refractivity contribution < 1.29 is 8.78 Å². The van der Waals surface area contributed by atoms with Crippen LogP contribution in [0.25, 0.3) is 0 Å². The molecular formula is C13H13BrF2N4. The number of benzene rings is 1. The fraction of sp³-hybridized carbons (Fsp3) is 0.231. The highest BCUT2D eigenvalue weighted by molar-refractivity contribution is 9.10. The zero-order valence-corrected chi connectivity index (χ0v) is 12.3. The van der Waals surface area contributed by atoms with Crippen LogP contribution in [0.2, 0.25) is 0 Å². The summed E-state index contributed by atoms with van der Waals surface area (Å²) in [5, 5.41) is 5.85. The summed E-state index contributed by atoms with van der Waals surface area (Å²) in [6, 6.07) is 2.12. The first-order chi connectivity index (χ1) is 9.60. The molecule has 106 valence electrons. The Balaban J connectivity index is 2.19. The summed E-state index contributed by atoms with van der Waals surface area (Å²) in [4.78, 5) is 8.25. The van der Waals surface area contributed by atoms with Gasteiger partial charge in [0.2, 0.25) is 0 Å². The number of halogens is 3. The van der Waals surface area contributed by atoms with E-state index in [2.05, 4.69) is 36.5 Å². The third-order valence-corrected chi connectivity index (χ3v) is 3.07. The number of nitrogens with one attached hydrogen (secondary N) is 2. The van der Waals surface area contributed by atoms with Crippen LogP contribution in [0.1, 0.15) is 13.3 Å². The van der Waals surface area contributed by atoms with Gasteiger partial charge in [-0.15, -0.1) is 0 Å². The summed E-state index contributed by atoms with van der Waals surface area (Å²) in [5.41, 5.74) is 0.125. The summed E-state index contributed by atoms with van der Waals surface area (Å²) in [6.07, 6.45) is 4.00. The summed E-state index contributed by atoms with van der Waals surface area (Å²) < 4.78 is 27.0. The van der Waals surface area contributed by atoms with Crippen LogP contribution in [0.15, 0.2) is 29.0 Å². The molecule has 0 spiro atoms. The predicted molar refractivity (Wildman–Crippen MR) is 78.2 cm³/mol. The minimum Gasteiger partial charge on any atom is -0.369 e. The van der Waals surface area contributed by atoms with Crippen molar-refractivity contribution in [2.75, 3.05) is 17.2 Å². The zero-order valence-electron chi connectivity index (χ0n) is 10.8. The Morgan fingerprint density at radius 1 is 1.15 bits per heavy atom. The van der Waals surface area contributed by atoms with Gasteiger partial charge in [-0.3, -0.25) is 4.98 Å². The Labute approximate surface area is 123 Å². The van der Waals surface area contributed by atoms with Crippen molar-refractivity contribution in [2.45, 2.75) is 13.3 Å². The van der Waals surface area contributed by atoms with Gasteiger partial charge in [0.05, 0.1) is 22.6 Å². The Hall–Kier alpha value is -1.76. The van der Waals surface area contributed by atoms with E-state index in [1.165, 1.54) is 12.3 Å². The van der Waals surface area contributed by atoms with Crippen molar-refractivity contribution in [3.63, 3.8) is 0 Å². The molecule has 20 heavy (non-hydrogen) atoms. The van der Waals surface area contributed by atoms with Crippen molar-refractivity contribution in [3.05, 3.63) is 40.6 Å². The number of rotatable bonds is 5. The van der Waals surface area contributed by atoms with E-state index in [-0.39, 0.29) is 10.2 Å². The lowest BCUT2D eigenvalue weighted by atomic mass is 10.3. The molecule has 0 radical (unpaired) electrons. The number of nitrogens with zero attached hydrogens (tertiary/aromatic N) is 2. The maximum atomic E-state index is 13.6. The highest BCUT2D eigenvalue weighted by Crippen LogP contribution is 2.25. The van der Waals surface area contributed by atoms with E-state index in [1.807, 2.05) is 6.92 Å². The quantitative estimate of drug-likeness (QED) is 0.803. The van der Waals surface area contributed by atoms with Crippen LogP contribution in [-0.2, 0) is 0 Å². The average Bonchev–Trinajstić information content (AvgIpc) is 2.43. The Bertz CT molecular complexity index is 607. The molecule has 0 amide bonds. The van der Waals surface area contributed by atoms with Crippen LogP contribution in [0.5, 0.6) is 0 Å². The normalized spacial score (nSPS) is 10.4. The van der Waals surface area contributed by atoms with Gasteiger partial charge in [0, 0.05) is 12.6 Å². The molecule has 0 unspecified atom stereocenters. The van der Waals surface area contributed by atoms with Crippen LogP contribution in [0.3, 0.4) is 0 Å². The van der Waals surface area contributed by atoms with Gasteiger partial charge in [0.15, 0.2) is 5.82 Å². The van der Waals surface area contributed by atoms with Crippen molar-refractivity contribution in [2.24, 2.45) is 0 Å². The SMILES string of the molecule is CCCNc1cncc(Nc2cc(Br)c(F)cc2F)n1. The fourth-order valence-electron chi connectivity index (χ4n) is 1.52. The maximum absolute atomic E-state index is 13.6. The summed E-state index contributed by atoms with van der Waals surface area (Å²) in [6.45, 7) is 2.81. The first-order valence-corrected chi connectivity index (χ1v) is 6.87. The molecule has 0 aliphatic rings. The van der Waals surface area contributed by atoms with Crippen LogP contribution in [0.4, 0.5) is 26.1 Å². The Morgan fingerprint density at radius 3 is 2.65 bits per heavy atom. The van der Waals surface area contributed by atoms with E-state index < -0.39 is 11.6 Å². The summed E-state index contributed by atoms with van der Waals surface area (Å²) in [7, 11) is 0. The molecule has 7 heteroatoms. The second-order valence-corrected chi connectivity index (χ2v) is 4.94. The van der Waals surface area contributed by atoms with E-state index in [9.17, 15) is 8.78 Å². The molecule has 0 bridgehead atoms. The lowest BCUT2D eigenvalue weighted by molar-refractivity contribution is 0.581. The van der Waals surface area contributed by atoms with E-state index in [0.717, 1.165) is 19.0 Å². The van der Waals surface area contributed by atoms with Gasteiger partial charge in [-0.2, -0.15) is 0 Å². The highest BCUT2D eigenvalue weighted by atomic mass is 79.9. The van der Waals surface area contributed by atoms with E-state index in [1.54, 1.807) is 6.20 Å². The molecule has 1 heterocycles. The number of anilines is 3. The smallest absolute Gasteiger partial charge is 0.151 e. The second kappa shape index (κ2) is 6.60. The molecule has 2 aromatic rings. The molecule has 0 atom stereocenters. The topological polar surface area (TPSA) is 49.8 Å². The Kier molecular flexibility index (Phi) is 4.84. The van der Waals surface area contributed by atoms with Gasteiger partial charge < -0.3 is 10.6 Å². The van der Waals surface area contributed by atoms with E-state index in [4.69, 9.17) is 0 Å². The third-order valence-electron chi connectivity index (χ3n) is 2.46. The molecular weight excluding hydrogens is 330 g/mol. The van der Waals surface area contributed by atoms with Gasteiger partial charge in [-0.25, -0.2) is 13.8 Å². The first-order valence-electron chi connectivity index (χ1n) is 6.07. The van der Waals surface area contributed by atoms with Crippen molar-refractivity contribution in [1.82, 2.24) is 9.97 Å². The standard InChI is InChI=1S/C13H13BrF2N4/c1-2-3-18-12-6-17-7-13(20-12)19-11-4-8(14)9(15)5-10(11)16/h4-7H,2-3H2,1H3,(H2,18,19,20). The average molecular weight is 343 g/mol. The largest absolute Gasteiger partial charge is 0.369 e. The van der Waals surface area contributed by atoms with Crippen molar-refractivity contribution in [1.29, 1.82) is 0 Å². The minimum absolute atomic E-state index is 0.125. The molecule has 0 aliphatic carbocycles. The number of hydrogen-bond acceptors (Lipinski definition) is 4. The molecule has 1 aromatic carbocycles. The van der Waals surface area contributed by atoms with Crippen LogP contribution in [-0.4, -0.2) is 16.5 Å². The number of hydrogen-bond donors (Lipinski definition) is 2. The fourth-order valence-corrected chi connectivity index (χ4v) is 1.86. The molecule has 0 aliphatic heterocycles. The zero-order chi connectivity index (χ0) is 14.5. The summed E-state index contributed by atoms with van der Waals surface area (Å²) in [5.74, 6) is -0.376. The van der Waals surface area contributed by atoms with Gasteiger partial charge in [0.1, 0.15) is 17.5 Å². The minimum atomic E-state index is -0.695. The van der Waals surface area contributed by atoms with Crippen molar-refractivity contribution >= 4 is 33.3 Å². The molecule has 1 aromatic heterocycles. The van der Waals surface area contributed by atoms with Gasteiger partial charge in [-0.05, 0) is 28.4 Å². The molecule has 0 saturated carbocycles. The first kappa shape index (κ1) is 14.6. The third kappa shape index (κ3) is 3.63. The molecule has 0 saturated heterocycles. The van der Waals surface area contributed by atoms with Crippen LogP contribution >= 0.6 is 15.9 Å². The van der Waals surface area contributed by atoms with Crippen LogP contribution < -0.4 is 10.6 Å². The monoisotopic (exact) mass is 342 g/mol. The molecule has 2 rings (SSSR count). The molecule has 2 N–H and O–H groups in total. The Morgan fingerprint density at radius 2 is 1.90 bits per heavy atom. The van der Waals surface area contributed by atoms with Gasteiger partial charge in [0.25, 0.3) is 0 Å². The van der Waals surface area contributed by atoms with E-state index >= 15 is 0 Å². The molecule has 0 fully saturated rings. The number of aromatic nitrogens is 2. The van der Waals surface area contributed by atoms with Gasteiger partial charge in [-0.1, -0.05) is 6.92 Å². The van der Waals surface area contributed by atoms with E-state index in [0.29, 0.717) is 11.6 Å². The van der Waals surface area contributed by atoms with Crippen LogP contribution in [0, 0.1) is 11.6 Å². The summed E-state index contributed by atoms with van der Waals surface area (Å²) >= 11 is 3.01. The predicted octanol–water partition coefficient (Wildman–Crippen LogP) is 4.08. The second-order valence-electron chi connectivity index (χ2n) is 4.09. The van der Waals surface area contributed by atoms with Gasteiger partial charge >= 0.3 is 0 Å². The molecule has 4 nitrogen and oxygen atoms in total. The van der Waals surface area contributed by atoms with Crippen molar-refractivity contribution in [3.8, 4) is 0 Å². The lowest BCUT2D eigenvalue weighted by Gasteiger charge is -2.09. The maximum Gasteiger partial charge on any atom is 0.151 e. The lowest BCUT2D eigenvalue weighted by Crippen LogP contribution is -2.04.